The van der Waals surface area contributed by atoms with Crippen molar-refractivity contribution in [2.45, 2.75) is 26.4 Å². The zero-order valence-corrected chi connectivity index (χ0v) is 15.0. The van der Waals surface area contributed by atoms with Gasteiger partial charge >= 0.3 is 11.6 Å². The Balaban J connectivity index is 1.53. The molecule has 0 atom stereocenters. The van der Waals surface area contributed by atoms with Gasteiger partial charge in [-0.2, -0.15) is 0 Å². The van der Waals surface area contributed by atoms with Crippen LogP contribution in [0.3, 0.4) is 0 Å². The fourth-order valence-electron chi connectivity index (χ4n) is 3.26. The number of rotatable bonds is 5. The molecule has 4 aromatic rings. The number of carbonyl (C=O) groups excluding carboxylic acids is 1. The zero-order valence-electron chi connectivity index (χ0n) is 15.0. The molecule has 0 amide bonds. The van der Waals surface area contributed by atoms with Crippen LogP contribution >= 0.6 is 0 Å². The van der Waals surface area contributed by atoms with Crippen molar-refractivity contribution in [1.82, 2.24) is 4.98 Å². The Bertz CT molecular complexity index is 1190. The van der Waals surface area contributed by atoms with Gasteiger partial charge in [-0.05, 0) is 29.7 Å². The SMILES string of the molecule is CCc1ccc2c(COC(=O)Cc3c[nH]c4ccccc34)cc(=O)oc2c1. The number of ether oxygens (including phenoxy) is 1. The van der Waals surface area contributed by atoms with Crippen molar-refractivity contribution in [1.29, 1.82) is 0 Å². The van der Waals surface area contributed by atoms with Crippen molar-refractivity contribution in [2.75, 3.05) is 0 Å². The minimum Gasteiger partial charge on any atom is -0.461 e. The highest BCUT2D eigenvalue weighted by molar-refractivity contribution is 5.87. The second-order valence-electron chi connectivity index (χ2n) is 6.47. The van der Waals surface area contributed by atoms with E-state index >= 15 is 0 Å². The normalized spacial score (nSPS) is 11.1. The lowest BCUT2D eigenvalue weighted by molar-refractivity contribution is -0.144. The molecule has 5 nitrogen and oxygen atoms in total. The van der Waals surface area contributed by atoms with Gasteiger partial charge in [0.2, 0.25) is 0 Å². The van der Waals surface area contributed by atoms with Gasteiger partial charge in [-0.3, -0.25) is 4.79 Å². The summed E-state index contributed by atoms with van der Waals surface area (Å²) in [6.07, 6.45) is 2.84. The molecule has 0 spiro atoms. The van der Waals surface area contributed by atoms with E-state index < -0.39 is 5.63 Å². The molecule has 136 valence electrons. The Morgan fingerprint density at radius 2 is 1.93 bits per heavy atom. The van der Waals surface area contributed by atoms with Crippen LogP contribution in [0.15, 0.2) is 63.9 Å². The van der Waals surface area contributed by atoms with E-state index in [1.807, 2.05) is 55.6 Å². The molecule has 2 aromatic heterocycles. The Labute approximate surface area is 155 Å². The number of hydrogen-bond acceptors (Lipinski definition) is 4. The first-order valence-electron chi connectivity index (χ1n) is 8.90. The molecular formula is C22H19NO4. The first-order valence-corrected chi connectivity index (χ1v) is 8.90. The Hall–Kier alpha value is -3.34. The highest BCUT2D eigenvalue weighted by Crippen LogP contribution is 2.21. The molecule has 0 aliphatic rings. The van der Waals surface area contributed by atoms with Crippen LogP contribution in [0, 0.1) is 0 Å². The maximum absolute atomic E-state index is 12.3. The molecule has 0 radical (unpaired) electrons. The van der Waals surface area contributed by atoms with Crippen molar-refractivity contribution in [2.24, 2.45) is 0 Å². The lowest BCUT2D eigenvalue weighted by atomic mass is 10.1. The van der Waals surface area contributed by atoms with Crippen LogP contribution in [0.2, 0.25) is 0 Å². The Morgan fingerprint density at radius 1 is 1.07 bits per heavy atom. The second kappa shape index (κ2) is 7.11. The summed E-state index contributed by atoms with van der Waals surface area (Å²) in [5.41, 5.74) is 3.68. The number of hydrogen-bond donors (Lipinski definition) is 1. The average Bonchev–Trinajstić information content (AvgIpc) is 3.08. The zero-order chi connectivity index (χ0) is 18.8. The quantitative estimate of drug-likeness (QED) is 0.429. The molecule has 0 unspecified atom stereocenters. The largest absolute Gasteiger partial charge is 0.461 e. The summed E-state index contributed by atoms with van der Waals surface area (Å²) in [5.74, 6) is -0.341. The van der Waals surface area contributed by atoms with E-state index in [1.54, 1.807) is 0 Å². The summed E-state index contributed by atoms with van der Waals surface area (Å²) in [7, 11) is 0. The molecule has 2 aromatic carbocycles. The van der Waals surface area contributed by atoms with Crippen LogP contribution in [0.25, 0.3) is 21.9 Å². The first-order chi connectivity index (χ1) is 13.1. The van der Waals surface area contributed by atoms with Gasteiger partial charge in [0.1, 0.15) is 12.2 Å². The number of aryl methyl sites for hydroxylation is 1. The highest BCUT2D eigenvalue weighted by atomic mass is 16.5. The molecule has 0 aliphatic heterocycles. The number of aromatic amines is 1. The molecule has 0 saturated heterocycles. The predicted octanol–water partition coefficient (Wildman–Crippen LogP) is 4.12. The van der Waals surface area contributed by atoms with Crippen LogP contribution in [0.4, 0.5) is 0 Å². The van der Waals surface area contributed by atoms with E-state index in [0.717, 1.165) is 33.8 Å². The van der Waals surface area contributed by atoms with Gasteiger partial charge in [-0.15, -0.1) is 0 Å². The van der Waals surface area contributed by atoms with Crippen molar-refractivity contribution >= 4 is 27.8 Å². The van der Waals surface area contributed by atoms with Gasteiger partial charge in [-0.25, -0.2) is 4.79 Å². The molecule has 0 bridgehead atoms. The van der Waals surface area contributed by atoms with Gasteiger partial charge in [0.15, 0.2) is 0 Å². The van der Waals surface area contributed by atoms with Crippen LogP contribution in [0.1, 0.15) is 23.6 Å². The van der Waals surface area contributed by atoms with Crippen LogP contribution in [-0.2, 0) is 29.0 Å². The van der Waals surface area contributed by atoms with E-state index in [4.69, 9.17) is 9.15 Å². The summed E-state index contributed by atoms with van der Waals surface area (Å²) in [5, 5.41) is 1.79. The molecule has 27 heavy (non-hydrogen) atoms. The fraction of sp³-hybridized carbons (Fsp3) is 0.182. The van der Waals surface area contributed by atoms with Gasteiger partial charge < -0.3 is 14.1 Å². The Kier molecular flexibility index (Phi) is 4.50. The molecule has 5 heteroatoms. The first kappa shape index (κ1) is 17.1. The Morgan fingerprint density at radius 3 is 2.78 bits per heavy atom. The number of H-pyrrole nitrogens is 1. The second-order valence-corrected chi connectivity index (χ2v) is 6.47. The van der Waals surface area contributed by atoms with E-state index in [-0.39, 0.29) is 19.0 Å². The van der Waals surface area contributed by atoms with E-state index in [1.165, 1.54) is 6.07 Å². The van der Waals surface area contributed by atoms with E-state index in [9.17, 15) is 9.59 Å². The third kappa shape index (κ3) is 3.49. The number of esters is 1. The van der Waals surface area contributed by atoms with Crippen LogP contribution in [0.5, 0.6) is 0 Å². The van der Waals surface area contributed by atoms with Crippen molar-refractivity contribution < 1.29 is 13.9 Å². The number of carbonyl (C=O) groups is 1. The van der Waals surface area contributed by atoms with Crippen LogP contribution < -0.4 is 5.63 Å². The maximum Gasteiger partial charge on any atom is 0.336 e. The van der Waals surface area contributed by atoms with Crippen molar-refractivity contribution in [3.05, 3.63) is 81.8 Å². The van der Waals surface area contributed by atoms with Crippen molar-refractivity contribution in [3.63, 3.8) is 0 Å². The standard InChI is InChI=1S/C22H19NO4/c1-2-14-7-8-18-16(11-22(25)27-20(18)9-14)13-26-21(24)10-15-12-23-19-6-4-3-5-17(15)19/h3-9,11-12,23H,2,10,13H2,1H3. The molecule has 1 N–H and O–H groups in total. The van der Waals surface area contributed by atoms with E-state index in [2.05, 4.69) is 4.98 Å². The lowest BCUT2D eigenvalue weighted by Crippen LogP contribution is -2.09. The monoisotopic (exact) mass is 361 g/mol. The number of fused-ring (bicyclic) bond motifs is 2. The number of benzene rings is 2. The lowest BCUT2D eigenvalue weighted by Gasteiger charge is -2.08. The predicted molar refractivity (Wildman–Crippen MR) is 104 cm³/mol. The highest BCUT2D eigenvalue weighted by Gasteiger charge is 2.12. The average molecular weight is 361 g/mol. The molecular weight excluding hydrogens is 342 g/mol. The molecule has 0 saturated carbocycles. The topological polar surface area (TPSA) is 72.3 Å². The minimum absolute atomic E-state index is 0.0365. The van der Waals surface area contributed by atoms with Crippen LogP contribution in [-0.4, -0.2) is 11.0 Å². The van der Waals surface area contributed by atoms with E-state index in [0.29, 0.717) is 11.1 Å². The number of para-hydroxylation sites is 1. The van der Waals surface area contributed by atoms with Gasteiger partial charge in [-0.1, -0.05) is 37.3 Å². The molecule has 0 aliphatic carbocycles. The summed E-state index contributed by atoms with van der Waals surface area (Å²) < 4.78 is 10.7. The number of nitrogens with one attached hydrogen (secondary N) is 1. The molecule has 0 fully saturated rings. The number of aromatic nitrogens is 1. The van der Waals surface area contributed by atoms with Gasteiger partial charge in [0.25, 0.3) is 0 Å². The smallest absolute Gasteiger partial charge is 0.336 e. The third-order valence-electron chi connectivity index (χ3n) is 4.70. The van der Waals surface area contributed by atoms with Crippen molar-refractivity contribution in [3.8, 4) is 0 Å². The molecule has 4 rings (SSSR count). The third-order valence-corrected chi connectivity index (χ3v) is 4.70. The summed E-state index contributed by atoms with van der Waals surface area (Å²) >= 11 is 0. The summed E-state index contributed by atoms with van der Waals surface area (Å²) in [6.45, 7) is 2.07. The summed E-state index contributed by atoms with van der Waals surface area (Å²) in [6, 6.07) is 14.9. The summed E-state index contributed by atoms with van der Waals surface area (Å²) in [4.78, 5) is 27.3. The van der Waals surface area contributed by atoms with Gasteiger partial charge in [0.05, 0.1) is 6.42 Å². The maximum atomic E-state index is 12.3. The van der Waals surface area contributed by atoms with Gasteiger partial charge in [0, 0.05) is 34.1 Å². The molecule has 2 heterocycles. The minimum atomic E-state index is -0.446. The fourth-order valence-corrected chi connectivity index (χ4v) is 3.26.